The van der Waals surface area contributed by atoms with Gasteiger partial charge in [-0.2, -0.15) is 26.3 Å². The van der Waals surface area contributed by atoms with Gasteiger partial charge in [0.15, 0.2) is 0 Å². The molecule has 0 heterocycles. The Morgan fingerprint density at radius 3 is 2.16 bits per heavy atom. The predicted octanol–water partition coefficient (Wildman–Crippen LogP) is 4.06. The van der Waals surface area contributed by atoms with Gasteiger partial charge in [-0.25, -0.2) is 0 Å². The average Bonchev–Trinajstić information content (AvgIpc) is 2.25. The number of benzene rings is 1. The minimum absolute atomic E-state index is 0.0339. The summed E-state index contributed by atoms with van der Waals surface area (Å²) in [6, 6.07) is 0.151. The van der Waals surface area contributed by atoms with Crippen LogP contribution in [0.3, 0.4) is 0 Å². The summed E-state index contributed by atoms with van der Waals surface area (Å²) in [6.45, 7) is 0. The van der Waals surface area contributed by atoms with Crippen molar-refractivity contribution in [2.24, 2.45) is 5.73 Å². The number of hydrogen-bond donors (Lipinski definition) is 1. The standard InChI is InChI=1S/C12H11F6N/c13-11(14,15)6-4-8-7(2-1-3-10(8)19)9(5-6)12(16,17)18/h4-5,10H,1-3,19H2/t10-/m1/s1. The van der Waals surface area contributed by atoms with E-state index in [4.69, 9.17) is 5.73 Å². The normalized spacial score (nSPS) is 20.3. The molecule has 1 nitrogen and oxygen atoms in total. The molecule has 1 aromatic rings. The fourth-order valence-corrected chi connectivity index (χ4v) is 2.38. The molecule has 2 N–H and O–H groups in total. The lowest BCUT2D eigenvalue weighted by Gasteiger charge is -2.27. The lowest BCUT2D eigenvalue weighted by molar-refractivity contribution is -0.143. The number of alkyl halides is 6. The molecule has 0 aromatic heterocycles. The molecule has 0 aliphatic heterocycles. The van der Waals surface area contributed by atoms with Crippen molar-refractivity contribution in [3.8, 4) is 0 Å². The first-order valence-corrected chi connectivity index (χ1v) is 5.67. The predicted molar refractivity (Wildman–Crippen MR) is 56.3 cm³/mol. The average molecular weight is 283 g/mol. The van der Waals surface area contributed by atoms with Crippen LogP contribution < -0.4 is 5.73 Å². The Balaban J connectivity index is 2.68. The highest BCUT2D eigenvalue weighted by Crippen LogP contribution is 2.42. The van der Waals surface area contributed by atoms with Gasteiger partial charge in [0, 0.05) is 6.04 Å². The van der Waals surface area contributed by atoms with E-state index >= 15 is 0 Å². The van der Waals surface area contributed by atoms with Crippen LogP contribution in [0.15, 0.2) is 12.1 Å². The Morgan fingerprint density at radius 1 is 1.00 bits per heavy atom. The summed E-state index contributed by atoms with van der Waals surface area (Å²) in [4.78, 5) is 0. The van der Waals surface area contributed by atoms with Crippen molar-refractivity contribution >= 4 is 0 Å². The molecule has 0 unspecified atom stereocenters. The third kappa shape index (κ3) is 2.70. The molecular formula is C12H11F6N. The molecule has 0 saturated heterocycles. The second kappa shape index (κ2) is 4.40. The fourth-order valence-electron chi connectivity index (χ4n) is 2.38. The zero-order valence-electron chi connectivity index (χ0n) is 9.70. The summed E-state index contributed by atoms with van der Waals surface area (Å²) in [5, 5.41) is 0. The highest BCUT2D eigenvalue weighted by atomic mass is 19.4. The van der Waals surface area contributed by atoms with Gasteiger partial charge < -0.3 is 5.73 Å². The molecule has 2 rings (SSSR count). The van der Waals surface area contributed by atoms with E-state index in [0.717, 1.165) is 6.07 Å². The molecule has 0 fully saturated rings. The van der Waals surface area contributed by atoms with Gasteiger partial charge in [-0.05, 0) is 42.5 Å². The van der Waals surface area contributed by atoms with Gasteiger partial charge in [0.2, 0.25) is 0 Å². The topological polar surface area (TPSA) is 26.0 Å². The molecule has 1 aromatic carbocycles. The van der Waals surface area contributed by atoms with E-state index in [9.17, 15) is 26.3 Å². The van der Waals surface area contributed by atoms with Gasteiger partial charge in [0.25, 0.3) is 0 Å². The number of hydrogen-bond acceptors (Lipinski definition) is 1. The molecular weight excluding hydrogens is 272 g/mol. The van der Waals surface area contributed by atoms with Crippen LogP contribution in [0.1, 0.15) is 41.1 Å². The largest absolute Gasteiger partial charge is 0.416 e. The zero-order chi connectivity index (χ0) is 14.4. The first-order chi connectivity index (χ1) is 8.60. The minimum Gasteiger partial charge on any atom is -0.324 e. The Bertz CT molecular complexity index is 488. The fraction of sp³-hybridized carbons (Fsp3) is 0.500. The first kappa shape index (κ1) is 14.2. The zero-order valence-corrected chi connectivity index (χ0v) is 9.70. The van der Waals surface area contributed by atoms with Gasteiger partial charge in [-0.3, -0.25) is 0 Å². The number of nitrogens with two attached hydrogens (primary N) is 1. The van der Waals surface area contributed by atoms with Crippen LogP contribution in [0.2, 0.25) is 0 Å². The van der Waals surface area contributed by atoms with Crippen LogP contribution in [0.25, 0.3) is 0 Å². The van der Waals surface area contributed by atoms with Gasteiger partial charge in [-0.15, -0.1) is 0 Å². The van der Waals surface area contributed by atoms with E-state index in [-0.39, 0.29) is 23.6 Å². The van der Waals surface area contributed by atoms with Crippen LogP contribution in [0.4, 0.5) is 26.3 Å². The summed E-state index contributed by atoms with van der Waals surface area (Å²) < 4.78 is 76.5. The number of rotatable bonds is 0. The SMILES string of the molecule is N[C@@H]1CCCc2c1cc(C(F)(F)F)cc2C(F)(F)F. The quantitative estimate of drug-likeness (QED) is 0.714. The van der Waals surface area contributed by atoms with E-state index < -0.39 is 29.5 Å². The molecule has 19 heavy (non-hydrogen) atoms. The van der Waals surface area contributed by atoms with Crippen molar-refractivity contribution in [2.75, 3.05) is 0 Å². The molecule has 106 valence electrons. The number of halogens is 6. The minimum atomic E-state index is -4.81. The summed E-state index contributed by atoms with van der Waals surface area (Å²) in [5.41, 5.74) is 2.99. The van der Waals surface area contributed by atoms with Crippen LogP contribution in [0.5, 0.6) is 0 Å². The van der Waals surface area contributed by atoms with E-state index in [1.54, 1.807) is 0 Å². The Kier molecular flexibility index (Phi) is 3.28. The third-order valence-electron chi connectivity index (χ3n) is 3.26. The van der Waals surface area contributed by atoms with Crippen LogP contribution in [0, 0.1) is 0 Å². The maximum Gasteiger partial charge on any atom is 0.416 e. The lowest BCUT2D eigenvalue weighted by Crippen LogP contribution is -2.23. The molecule has 0 amide bonds. The van der Waals surface area contributed by atoms with Gasteiger partial charge >= 0.3 is 12.4 Å². The van der Waals surface area contributed by atoms with Gasteiger partial charge in [0.1, 0.15) is 0 Å². The number of fused-ring (bicyclic) bond motifs is 1. The van der Waals surface area contributed by atoms with Gasteiger partial charge in [-0.1, -0.05) is 0 Å². The van der Waals surface area contributed by atoms with E-state index in [1.807, 2.05) is 0 Å². The Hall–Kier alpha value is -1.24. The molecule has 1 aliphatic carbocycles. The smallest absolute Gasteiger partial charge is 0.324 e. The molecule has 0 spiro atoms. The third-order valence-corrected chi connectivity index (χ3v) is 3.26. The monoisotopic (exact) mass is 283 g/mol. The Morgan fingerprint density at radius 2 is 1.63 bits per heavy atom. The summed E-state index contributed by atoms with van der Waals surface area (Å²) in [5.74, 6) is 0. The van der Waals surface area contributed by atoms with Crippen molar-refractivity contribution in [3.05, 3.63) is 34.4 Å². The first-order valence-electron chi connectivity index (χ1n) is 5.67. The van der Waals surface area contributed by atoms with Crippen LogP contribution in [-0.4, -0.2) is 0 Å². The highest BCUT2D eigenvalue weighted by Gasteiger charge is 2.40. The molecule has 0 radical (unpaired) electrons. The van der Waals surface area contributed by atoms with Gasteiger partial charge in [0.05, 0.1) is 11.1 Å². The highest BCUT2D eigenvalue weighted by molar-refractivity contribution is 5.44. The maximum atomic E-state index is 12.9. The van der Waals surface area contributed by atoms with E-state index in [1.165, 1.54) is 0 Å². The lowest BCUT2D eigenvalue weighted by atomic mass is 9.83. The van der Waals surface area contributed by atoms with Crippen LogP contribution in [-0.2, 0) is 18.8 Å². The van der Waals surface area contributed by atoms with Crippen molar-refractivity contribution in [1.82, 2.24) is 0 Å². The molecule has 0 bridgehead atoms. The van der Waals surface area contributed by atoms with Crippen LogP contribution >= 0.6 is 0 Å². The summed E-state index contributed by atoms with van der Waals surface area (Å²) in [6.07, 6.45) is -8.67. The molecule has 7 heteroatoms. The Labute approximate surface area is 105 Å². The molecule has 0 saturated carbocycles. The second-order valence-corrected chi connectivity index (χ2v) is 4.59. The summed E-state index contributed by atoms with van der Waals surface area (Å²) in [7, 11) is 0. The molecule has 1 aliphatic rings. The van der Waals surface area contributed by atoms with Crippen molar-refractivity contribution in [3.63, 3.8) is 0 Å². The molecule has 1 atom stereocenters. The van der Waals surface area contributed by atoms with Crippen molar-refractivity contribution in [2.45, 2.75) is 37.7 Å². The second-order valence-electron chi connectivity index (χ2n) is 4.59. The van der Waals surface area contributed by atoms with Crippen molar-refractivity contribution < 1.29 is 26.3 Å². The maximum absolute atomic E-state index is 12.9. The summed E-state index contributed by atoms with van der Waals surface area (Å²) >= 11 is 0. The van der Waals surface area contributed by atoms with E-state index in [0.29, 0.717) is 12.8 Å². The van der Waals surface area contributed by atoms with E-state index in [2.05, 4.69) is 0 Å². The van der Waals surface area contributed by atoms with Crippen molar-refractivity contribution in [1.29, 1.82) is 0 Å².